The van der Waals surface area contributed by atoms with Crippen molar-refractivity contribution >= 4 is 33.5 Å². The number of anilines is 1. The van der Waals surface area contributed by atoms with Gasteiger partial charge >= 0.3 is 5.97 Å². The minimum absolute atomic E-state index is 0.431. The summed E-state index contributed by atoms with van der Waals surface area (Å²) in [6.45, 7) is -0.440. The number of carbonyl (C=O) groups excluding carboxylic acids is 1. The van der Waals surface area contributed by atoms with Crippen LogP contribution < -0.4 is 4.90 Å². The van der Waals surface area contributed by atoms with E-state index in [9.17, 15) is 14.7 Å². The summed E-state index contributed by atoms with van der Waals surface area (Å²) in [7, 11) is 0. The number of benzene rings is 1. The minimum atomic E-state index is -1.27. The third-order valence-corrected chi connectivity index (χ3v) is 2.86. The fraction of sp³-hybridized carbons (Fsp3) is 0.200. The molecule has 2 N–H and O–H groups in total. The fourth-order valence-corrected chi connectivity index (χ4v) is 2.07. The Hall–Kier alpha value is -1.40. The molecule has 0 aromatic heterocycles. The molecule has 0 saturated heterocycles. The molecule has 1 aromatic carbocycles. The predicted octanol–water partition coefficient (Wildman–Crippen LogP) is 0.914. The average Bonchev–Trinajstić information content (AvgIpc) is 2.43. The number of carbonyl (C=O) groups is 2. The zero-order valence-electron chi connectivity index (χ0n) is 8.05. The largest absolute Gasteiger partial charge is 0.480 e. The maximum atomic E-state index is 11.6. The number of aliphatic hydroxyl groups is 1. The van der Waals surface area contributed by atoms with Crippen LogP contribution in [0.4, 0.5) is 5.69 Å². The van der Waals surface area contributed by atoms with Gasteiger partial charge in [-0.05, 0) is 18.2 Å². The van der Waals surface area contributed by atoms with Gasteiger partial charge in [-0.15, -0.1) is 0 Å². The molecule has 1 heterocycles. The second-order valence-corrected chi connectivity index (χ2v) is 4.34. The van der Waals surface area contributed by atoms with Crippen LogP contribution in [0.2, 0.25) is 0 Å². The van der Waals surface area contributed by atoms with Crippen LogP contribution in [0.1, 0.15) is 11.7 Å². The van der Waals surface area contributed by atoms with Gasteiger partial charge in [0.1, 0.15) is 6.54 Å². The van der Waals surface area contributed by atoms with Crippen LogP contribution in [0.3, 0.4) is 0 Å². The van der Waals surface area contributed by atoms with E-state index in [2.05, 4.69) is 15.9 Å². The monoisotopic (exact) mass is 285 g/mol. The molecule has 6 heteroatoms. The van der Waals surface area contributed by atoms with Crippen LogP contribution in [0.15, 0.2) is 22.7 Å². The number of carboxylic acids is 1. The summed E-state index contributed by atoms with van der Waals surface area (Å²) < 4.78 is 0.732. The molecule has 1 aliphatic heterocycles. The zero-order valence-corrected chi connectivity index (χ0v) is 9.64. The van der Waals surface area contributed by atoms with Crippen LogP contribution in [-0.4, -0.2) is 28.6 Å². The van der Waals surface area contributed by atoms with E-state index in [1.54, 1.807) is 18.2 Å². The highest BCUT2D eigenvalue weighted by Gasteiger charge is 2.36. The van der Waals surface area contributed by atoms with Gasteiger partial charge in [0.25, 0.3) is 5.91 Å². The number of amides is 1. The van der Waals surface area contributed by atoms with Crippen molar-refractivity contribution in [3.63, 3.8) is 0 Å². The summed E-state index contributed by atoms with van der Waals surface area (Å²) in [6.07, 6.45) is -1.27. The first-order valence-electron chi connectivity index (χ1n) is 4.51. The molecule has 0 saturated carbocycles. The lowest BCUT2D eigenvalue weighted by molar-refractivity contribution is -0.137. The lowest BCUT2D eigenvalue weighted by Gasteiger charge is -2.14. The van der Waals surface area contributed by atoms with Crippen molar-refractivity contribution in [2.45, 2.75) is 6.10 Å². The van der Waals surface area contributed by atoms with E-state index in [0.29, 0.717) is 11.3 Å². The number of rotatable bonds is 2. The number of fused-ring (bicyclic) bond motifs is 1. The van der Waals surface area contributed by atoms with Crippen LogP contribution in [0.5, 0.6) is 0 Å². The third-order valence-electron chi connectivity index (χ3n) is 2.37. The highest BCUT2D eigenvalue weighted by Crippen LogP contribution is 2.37. The average molecular weight is 286 g/mol. The summed E-state index contributed by atoms with van der Waals surface area (Å²) in [5.41, 5.74) is 0.878. The number of aliphatic hydroxyl groups excluding tert-OH is 1. The third kappa shape index (κ3) is 1.70. The van der Waals surface area contributed by atoms with Crippen LogP contribution in [0.25, 0.3) is 0 Å². The molecule has 0 aliphatic carbocycles. The second kappa shape index (κ2) is 3.88. The van der Waals surface area contributed by atoms with Gasteiger partial charge in [0.05, 0.1) is 5.69 Å². The zero-order chi connectivity index (χ0) is 11.9. The molecule has 1 aromatic rings. The first-order chi connectivity index (χ1) is 7.50. The Bertz CT molecular complexity index is 474. The maximum Gasteiger partial charge on any atom is 0.323 e. The van der Waals surface area contributed by atoms with Crippen molar-refractivity contribution in [2.24, 2.45) is 0 Å². The standard InChI is InChI=1S/C10H8BrNO4/c11-5-1-2-7-6(3-5)9(15)10(16)12(7)4-8(13)14/h1-3,9,15H,4H2,(H,13,14). The Labute approximate surface area is 99.4 Å². The van der Waals surface area contributed by atoms with Crippen LogP contribution in [-0.2, 0) is 9.59 Å². The smallest absolute Gasteiger partial charge is 0.323 e. The van der Waals surface area contributed by atoms with Crippen molar-refractivity contribution in [3.8, 4) is 0 Å². The van der Waals surface area contributed by atoms with Crippen molar-refractivity contribution in [1.82, 2.24) is 0 Å². The van der Waals surface area contributed by atoms with Gasteiger partial charge in [-0.2, -0.15) is 0 Å². The van der Waals surface area contributed by atoms with Gasteiger partial charge in [0.2, 0.25) is 0 Å². The Morgan fingerprint density at radius 2 is 2.19 bits per heavy atom. The second-order valence-electron chi connectivity index (χ2n) is 3.42. The van der Waals surface area contributed by atoms with E-state index in [0.717, 1.165) is 9.37 Å². The quantitative estimate of drug-likeness (QED) is 0.847. The summed E-state index contributed by atoms with van der Waals surface area (Å²) >= 11 is 3.23. The Balaban J connectivity index is 2.45. The van der Waals surface area contributed by atoms with Gasteiger partial charge < -0.3 is 10.2 Å². The summed E-state index contributed by atoms with van der Waals surface area (Å²) in [5.74, 6) is -1.72. The predicted molar refractivity (Wildman–Crippen MR) is 59.1 cm³/mol. The van der Waals surface area contributed by atoms with Crippen LogP contribution >= 0.6 is 15.9 Å². The molecule has 1 unspecified atom stereocenters. The van der Waals surface area contributed by atoms with Crippen molar-refractivity contribution in [3.05, 3.63) is 28.2 Å². The van der Waals surface area contributed by atoms with Gasteiger partial charge in [-0.1, -0.05) is 15.9 Å². The van der Waals surface area contributed by atoms with E-state index in [4.69, 9.17) is 5.11 Å². The first kappa shape index (κ1) is 11.1. The van der Waals surface area contributed by atoms with Crippen molar-refractivity contribution < 1.29 is 19.8 Å². The molecule has 0 radical (unpaired) electrons. The molecule has 5 nitrogen and oxygen atoms in total. The summed E-state index contributed by atoms with van der Waals surface area (Å²) in [4.78, 5) is 23.3. The number of aliphatic carboxylic acids is 1. The van der Waals surface area contributed by atoms with E-state index < -0.39 is 24.5 Å². The van der Waals surface area contributed by atoms with Crippen LogP contribution in [0, 0.1) is 0 Å². The number of hydrogen-bond donors (Lipinski definition) is 2. The molecule has 1 amide bonds. The number of carboxylic acid groups (broad SMARTS) is 1. The molecular weight excluding hydrogens is 278 g/mol. The van der Waals surface area contributed by atoms with E-state index >= 15 is 0 Å². The highest BCUT2D eigenvalue weighted by atomic mass is 79.9. The van der Waals surface area contributed by atoms with E-state index in [1.807, 2.05) is 0 Å². The molecule has 0 fully saturated rings. The molecule has 0 bridgehead atoms. The Morgan fingerprint density at radius 3 is 2.81 bits per heavy atom. The summed E-state index contributed by atoms with van der Waals surface area (Å²) in [5, 5.41) is 18.3. The van der Waals surface area contributed by atoms with Gasteiger partial charge in [0, 0.05) is 10.0 Å². The molecule has 1 atom stereocenters. The molecule has 16 heavy (non-hydrogen) atoms. The Morgan fingerprint density at radius 1 is 1.50 bits per heavy atom. The number of halogens is 1. The fourth-order valence-electron chi connectivity index (χ4n) is 1.69. The maximum absolute atomic E-state index is 11.6. The molecule has 84 valence electrons. The lowest BCUT2D eigenvalue weighted by atomic mass is 10.1. The minimum Gasteiger partial charge on any atom is -0.480 e. The highest BCUT2D eigenvalue weighted by molar-refractivity contribution is 9.10. The van der Waals surface area contributed by atoms with Gasteiger partial charge in [-0.3, -0.25) is 14.5 Å². The Kier molecular flexibility index (Phi) is 2.69. The van der Waals surface area contributed by atoms with Crippen molar-refractivity contribution in [1.29, 1.82) is 0 Å². The first-order valence-corrected chi connectivity index (χ1v) is 5.30. The van der Waals surface area contributed by atoms with E-state index in [-0.39, 0.29) is 0 Å². The molecule has 2 rings (SSSR count). The topological polar surface area (TPSA) is 77.8 Å². The molecule has 1 aliphatic rings. The molecular formula is C10H8BrNO4. The summed E-state index contributed by atoms with van der Waals surface area (Å²) in [6, 6.07) is 4.91. The number of nitrogens with zero attached hydrogens (tertiary/aromatic N) is 1. The lowest BCUT2D eigenvalue weighted by Crippen LogP contribution is -2.33. The normalized spacial score (nSPS) is 18.8. The van der Waals surface area contributed by atoms with Gasteiger partial charge in [-0.25, -0.2) is 0 Å². The van der Waals surface area contributed by atoms with Gasteiger partial charge in [0.15, 0.2) is 6.10 Å². The number of hydrogen-bond acceptors (Lipinski definition) is 3. The SMILES string of the molecule is O=C(O)CN1C(=O)C(O)c2cc(Br)ccc21. The van der Waals surface area contributed by atoms with E-state index in [1.165, 1.54) is 0 Å². The van der Waals surface area contributed by atoms with Crippen molar-refractivity contribution in [2.75, 3.05) is 11.4 Å². The molecule has 0 spiro atoms.